The van der Waals surface area contributed by atoms with Gasteiger partial charge < -0.3 is 10.1 Å². The first-order chi connectivity index (χ1) is 11.1. The molecule has 0 aromatic carbocycles. The van der Waals surface area contributed by atoms with E-state index in [0.29, 0.717) is 22.2 Å². The molecule has 0 unspecified atom stereocenters. The minimum Gasteiger partial charge on any atom is -0.481 e. The van der Waals surface area contributed by atoms with Gasteiger partial charge in [0.1, 0.15) is 5.69 Å². The van der Waals surface area contributed by atoms with E-state index in [9.17, 15) is 18.0 Å². The summed E-state index contributed by atoms with van der Waals surface area (Å²) in [6.07, 6.45) is -4.57. The van der Waals surface area contributed by atoms with Crippen LogP contribution in [0.4, 0.5) is 13.2 Å². The van der Waals surface area contributed by atoms with Crippen LogP contribution in [-0.4, -0.2) is 27.8 Å². The Kier molecular flexibility index (Phi) is 4.81. The maximum atomic E-state index is 12.7. The quantitative estimate of drug-likeness (QED) is 0.926. The number of carbonyl (C=O) groups is 1. The van der Waals surface area contributed by atoms with Gasteiger partial charge in [-0.05, 0) is 25.5 Å². The number of hydrogen-bond donors (Lipinski definition) is 1. The minimum absolute atomic E-state index is 0.0685. The Balaban J connectivity index is 2.18. The van der Waals surface area contributed by atoms with Crippen molar-refractivity contribution in [2.45, 2.75) is 26.6 Å². The largest absolute Gasteiger partial charge is 0.481 e. The highest BCUT2D eigenvalue weighted by Crippen LogP contribution is 2.29. The van der Waals surface area contributed by atoms with E-state index in [1.54, 1.807) is 0 Å². The zero-order valence-electron chi connectivity index (χ0n) is 13.7. The smallest absolute Gasteiger partial charge is 0.433 e. The monoisotopic (exact) mass is 342 g/mol. The number of aryl methyl sites for hydroxylation is 3. The number of ether oxygens (including phenoxy) is 1. The Morgan fingerprint density at radius 3 is 2.54 bits per heavy atom. The summed E-state index contributed by atoms with van der Waals surface area (Å²) in [5, 5.41) is 6.15. The lowest BCUT2D eigenvalue weighted by molar-refractivity contribution is -0.143. The third-order valence-corrected chi connectivity index (χ3v) is 3.46. The SMILES string of the molecule is COc1nc(C)cc(C)c1CNC(=O)c1cc(C(F)(F)F)n(C)n1. The second-order valence-corrected chi connectivity index (χ2v) is 5.29. The molecule has 0 aliphatic carbocycles. The Labute approximate surface area is 136 Å². The Morgan fingerprint density at radius 2 is 2.00 bits per heavy atom. The predicted molar refractivity (Wildman–Crippen MR) is 79.6 cm³/mol. The van der Waals surface area contributed by atoms with Gasteiger partial charge in [0.15, 0.2) is 5.69 Å². The van der Waals surface area contributed by atoms with Crippen LogP contribution >= 0.6 is 0 Å². The average molecular weight is 342 g/mol. The molecule has 1 N–H and O–H groups in total. The molecule has 0 aliphatic heterocycles. The number of aromatic nitrogens is 3. The molecule has 130 valence electrons. The standard InChI is InChI=1S/C15H17F3N4O2/c1-8-5-9(2)20-14(24-4)10(8)7-19-13(23)11-6-12(15(16,17)18)22(3)21-11/h5-6H,7H2,1-4H3,(H,19,23). The zero-order chi connectivity index (χ0) is 18.1. The molecule has 0 saturated carbocycles. The molecule has 2 aromatic heterocycles. The average Bonchev–Trinajstić information content (AvgIpc) is 2.87. The number of rotatable bonds is 4. The maximum Gasteiger partial charge on any atom is 0.433 e. The van der Waals surface area contributed by atoms with Gasteiger partial charge in [0.25, 0.3) is 5.91 Å². The van der Waals surface area contributed by atoms with E-state index in [1.165, 1.54) is 7.11 Å². The van der Waals surface area contributed by atoms with Gasteiger partial charge >= 0.3 is 6.18 Å². The van der Waals surface area contributed by atoms with Crippen LogP contribution in [0.5, 0.6) is 5.88 Å². The highest BCUT2D eigenvalue weighted by Gasteiger charge is 2.35. The maximum absolute atomic E-state index is 12.7. The molecule has 24 heavy (non-hydrogen) atoms. The van der Waals surface area contributed by atoms with E-state index in [0.717, 1.165) is 18.3 Å². The lowest BCUT2D eigenvalue weighted by Crippen LogP contribution is -2.24. The molecule has 0 bridgehead atoms. The van der Waals surface area contributed by atoms with E-state index in [1.807, 2.05) is 19.9 Å². The minimum atomic E-state index is -4.57. The number of nitrogens with one attached hydrogen (secondary N) is 1. The van der Waals surface area contributed by atoms with Crippen molar-refractivity contribution in [2.24, 2.45) is 7.05 Å². The fourth-order valence-corrected chi connectivity index (χ4v) is 2.32. The lowest BCUT2D eigenvalue weighted by Gasteiger charge is -2.12. The van der Waals surface area contributed by atoms with Crippen molar-refractivity contribution in [3.8, 4) is 5.88 Å². The van der Waals surface area contributed by atoms with Crippen molar-refractivity contribution in [3.05, 3.63) is 40.3 Å². The second kappa shape index (κ2) is 6.50. The number of alkyl halides is 3. The predicted octanol–water partition coefficient (Wildman–Crippen LogP) is 2.39. The molecule has 9 heteroatoms. The summed E-state index contributed by atoms with van der Waals surface area (Å²) in [5.74, 6) is -0.340. The van der Waals surface area contributed by atoms with E-state index in [4.69, 9.17) is 4.74 Å². The molecule has 2 aromatic rings. The first-order valence-electron chi connectivity index (χ1n) is 7.04. The summed E-state index contributed by atoms with van der Waals surface area (Å²) in [6, 6.07) is 2.54. The third kappa shape index (κ3) is 3.66. The summed E-state index contributed by atoms with van der Waals surface area (Å²) in [6.45, 7) is 3.71. The van der Waals surface area contributed by atoms with Crippen molar-refractivity contribution in [1.29, 1.82) is 0 Å². The topological polar surface area (TPSA) is 69.0 Å². The molecule has 6 nitrogen and oxygen atoms in total. The van der Waals surface area contributed by atoms with Gasteiger partial charge in [0, 0.05) is 30.9 Å². The van der Waals surface area contributed by atoms with Gasteiger partial charge in [-0.25, -0.2) is 4.98 Å². The van der Waals surface area contributed by atoms with Crippen LogP contribution in [0.3, 0.4) is 0 Å². The van der Waals surface area contributed by atoms with E-state index < -0.39 is 17.8 Å². The van der Waals surface area contributed by atoms with E-state index in [2.05, 4.69) is 15.4 Å². The van der Waals surface area contributed by atoms with Gasteiger partial charge in [0.05, 0.1) is 7.11 Å². The Morgan fingerprint density at radius 1 is 1.33 bits per heavy atom. The van der Waals surface area contributed by atoms with Gasteiger partial charge in [-0.1, -0.05) is 0 Å². The van der Waals surface area contributed by atoms with Crippen LogP contribution in [0.25, 0.3) is 0 Å². The molecule has 0 fully saturated rings. The fraction of sp³-hybridized carbons (Fsp3) is 0.400. The third-order valence-electron chi connectivity index (χ3n) is 3.46. The van der Waals surface area contributed by atoms with Crippen LogP contribution in [0.2, 0.25) is 0 Å². The van der Waals surface area contributed by atoms with Crippen LogP contribution in [-0.2, 0) is 19.8 Å². The molecule has 1 amide bonds. The van der Waals surface area contributed by atoms with Crippen molar-refractivity contribution in [2.75, 3.05) is 7.11 Å². The van der Waals surface area contributed by atoms with E-state index >= 15 is 0 Å². The molecule has 0 atom stereocenters. The summed E-state index contributed by atoms with van der Waals surface area (Å²) in [5.41, 5.74) is 0.985. The van der Waals surface area contributed by atoms with Crippen molar-refractivity contribution < 1.29 is 22.7 Å². The summed E-state index contributed by atoms with van der Waals surface area (Å²) >= 11 is 0. The number of halogens is 3. The molecule has 0 radical (unpaired) electrons. The van der Waals surface area contributed by atoms with Crippen molar-refractivity contribution in [3.63, 3.8) is 0 Å². The number of methoxy groups -OCH3 is 1. The van der Waals surface area contributed by atoms with Crippen molar-refractivity contribution >= 4 is 5.91 Å². The normalized spacial score (nSPS) is 11.5. The molecule has 2 heterocycles. The molecular weight excluding hydrogens is 325 g/mol. The molecule has 2 rings (SSSR count). The molecule has 0 aliphatic rings. The highest BCUT2D eigenvalue weighted by molar-refractivity contribution is 5.92. The number of pyridine rings is 1. The van der Waals surface area contributed by atoms with E-state index in [-0.39, 0.29) is 12.2 Å². The van der Waals surface area contributed by atoms with Crippen LogP contribution in [0.15, 0.2) is 12.1 Å². The lowest BCUT2D eigenvalue weighted by atomic mass is 10.1. The van der Waals surface area contributed by atoms with Gasteiger partial charge in [0.2, 0.25) is 5.88 Å². The van der Waals surface area contributed by atoms with Crippen molar-refractivity contribution in [1.82, 2.24) is 20.1 Å². The number of amides is 1. The molecule has 0 saturated heterocycles. The second-order valence-electron chi connectivity index (χ2n) is 5.29. The van der Waals surface area contributed by atoms with Crippen LogP contribution < -0.4 is 10.1 Å². The fourth-order valence-electron chi connectivity index (χ4n) is 2.32. The zero-order valence-corrected chi connectivity index (χ0v) is 13.7. The first-order valence-corrected chi connectivity index (χ1v) is 7.04. The van der Waals surface area contributed by atoms with Gasteiger partial charge in [-0.15, -0.1) is 0 Å². The number of hydrogen-bond acceptors (Lipinski definition) is 4. The van der Waals surface area contributed by atoms with Crippen LogP contribution in [0, 0.1) is 13.8 Å². The summed E-state index contributed by atoms with van der Waals surface area (Å²) in [4.78, 5) is 16.3. The molecular formula is C15H17F3N4O2. The number of nitrogens with zero attached hydrogens (tertiary/aromatic N) is 3. The first kappa shape index (κ1) is 17.8. The summed E-state index contributed by atoms with van der Waals surface area (Å²) in [7, 11) is 2.59. The Hall–Kier alpha value is -2.58. The highest BCUT2D eigenvalue weighted by atomic mass is 19.4. The van der Waals surface area contributed by atoms with Gasteiger partial charge in [-0.3, -0.25) is 9.48 Å². The van der Waals surface area contributed by atoms with Crippen LogP contribution in [0.1, 0.15) is 33.0 Å². The van der Waals surface area contributed by atoms with Gasteiger partial charge in [-0.2, -0.15) is 18.3 Å². The number of carbonyl (C=O) groups excluding carboxylic acids is 1. The molecule has 0 spiro atoms. The summed E-state index contributed by atoms with van der Waals surface area (Å²) < 4.78 is 44.1. The Bertz CT molecular complexity index is 769.